The molecule has 0 saturated heterocycles. The minimum atomic E-state index is -4.00. The fraction of sp³-hybridized carbons (Fsp3) is 0.167. The number of rotatable bonds is 7. The highest BCUT2D eigenvalue weighted by atomic mass is 35.5. The average molecular weight is 504 g/mol. The Morgan fingerprint density at radius 1 is 0.939 bits per heavy atom. The van der Waals surface area contributed by atoms with E-state index >= 15 is 0 Å². The standard InChI is InChI=1S/C24H23Cl2N3O3S/c1-16-4-8-20(9-5-16)33(31,32)29(23-11-6-17(2)12-18(23)3)15-24(30)28-27-14-19-7-10-21(25)22(26)13-19/h4-14H,15H2,1-3H3,(H,28,30)/b27-14-. The summed E-state index contributed by atoms with van der Waals surface area (Å²) >= 11 is 11.9. The summed E-state index contributed by atoms with van der Waals surface area (Å²) < 4.78 is 28.0. The highest BCUT2D eigenvalue weighted by Gasteiger charge is 2.28. The molecule has 0 aliphatic carbocycles. The largest absolute Gasteiger partial charge is 0.271 e. The summed E-state index contributed by atoms with van der Waals surface area (Å²) in [6.07, 6.45) is 1.40. The van der Waals surface area contributed by atoms with Gasteiger partial charge in [-0.3, -0.25) is 9.10 Å². The molecule has 0 atom stereocenters. The highest BCUT2D eigenvalue weighted by molar-refractivity contribution is 7.92. The van der Waals surface area contributed by atoms with E-state index in [-0.39, 0.29) is 4.90 Å². The van der Waals surface area contributed by atoms with Gasteiger partial charge in [0.15, 0.2) is 0 Å². The molecule has 3 rings (SSSR count). The Balaban J connectivity index is 1.87. The average Bonchev–Trinajstić information content (AvgIpc) is 2.75. The molecule has 0 aromatic heterocycles. The zero-order valence-electron chi connectivity index (χ0n) is 18.3. The van der Waals surface area contributed by atoms with E-state index in [0.717, 1.165) is 21.0 Å². The van der Waals surface area contributed by atoms with Crippen LogP contribution in [0.2, 0.25) is 10.0 Å². The van der Waals surface area contributed by atoms with Gasteiger partial charge >= 0.3 is 0 Å². The van der Waals surface area contributed by atoms with Gasteiger partial charge in [-0.1, -0.05) is 64.7 Å². The second-order valence-electron chi connectivity index (χ2n) is 7.58. The van der Waals surface area contributed by atoms with Crippen LogP contribution in [0, 0.1) is 20.8 Å². The lowest BCUT2D eigenvalue weighted by Crippen LogP contribution is -2.40. The summed E-state index contributed by atoms with van der Waals surface area (Å²) in [6, 6.07) is 16.8. The van der Waals surface area contributed by atoms with E-state index in [0.29, 0.717) is 21.3 Å². The quantitative estimate of drug-likeness (QED) is 0.352. The summed E-state index contributed by atoms with van der Waals surface area (Å²) in [5.41, 5.74) is 6.08. The number of benzene rings is 3. The van der Waals surface area contributed by atoms with E-state index in [1.54, 1.807) is 49.4 Å². The first-order valence-electron chi connectivity index (χ1n) is 10.0. The third kappa shape index (κ3) is 6.13. The fourth-order valence-electron chi connectivity index (χ4n) is 3.16. The minimum absolute atomic E-state index is 0.0974. The first-order valence-corrected chi connectivity index (χ1v) is 12.2. The van der Waals surface area contributed by atoms with Crippen LogP contribution in [0.5, 0.6) is 0 Å². The van der Waals surface area contributed by atoms with Gasteiger partial charge in [-0.15, -0.1) is 0 Å². The SMILES string of the molecule is Cc1ccc(S(=O)(=O)N(CC(=O)N/N=C\c2ccc(Cl)c(Cl)c2)c2ccc(C)cc2C)cc1. The maximum atomic E-state index is 13.5. The molecule has 0 bridgehead atoms. The lowest BCUT2D eigenvalue weighted by molar-refractivity contribution is -0.119. The Kier molecular flexibility index (Phi) is 7.79. The molecule has 0 spiro atoms. The first-order chi connectivity index (χ1) is 15.6. The molecule has 33 heavy (non-hydrogen) atoms. The van der Waals surface area contributed by atoms with Crippen LogP contribution in [0.4, 0.5) is 5.69 Å². The van der Waals surface area contributed by atoms with E-state index in [1.807, 2.05) is 19.9 Å². The number of hydrazone groups is 1. The number of halogens is 2. The second kappa shape index (κ2) is 10.4. The fourth-order valence-corrected chi connectivity index (χ4v) is 4.95. The van der Waals surface area contributed by atoms with Crippen molar-refractivity contribution in [2.24, 2.45) is 5.10 Å². The maximum Gasteiger partial charge on any atom is 0.264 e. The van der Waals surface area contributed by atoms with Crippen LogP contribution in [0.15, 0.2) is 70.7 Å². The zero-order valence-corrected chi connectivity index (χ0v) is 20.7. The van der Waals surface area contributed by atoms with Gasteiger partial charge < -0.3 is 0 Å². The predicted molar refractivity (Wildman–Crippen MR) is 134 cm³/mol. The monoisotopic (exact) mass is 503 g/mol. The highest BCUT2D eigenvalue weighted by Crippen LogP contribution is 2.27. The number of hydrogen-bond acceptors (Lipinski definition) is 4. The lowest BCUT2D eigenvalue weighted by Gasteiger charge is -2.25. The topological polar surface area (TPSA) is 78.8 Å². The number of sulfonamides is 1. The van der Waals surface area contributed by atoms with Crippen molar-refractivity contribution in [1.29, 1.82) is 0 Å². The Hall–Kier alpha value is -2.87. The van der Waals surface area contributed by atoms with Crippen molar-refractivity contribution in [3.05, 3.63) is 93.0 Å². The molecule has 1 amide bonds. The summed E-state index contributed by atoms with van der Waals surface area (Å²) in [4.78, 5) is 12.8. The molecule has 0 aliphatic rings. The summed E-state index contributed by atoms with van der Waals surface area (Å²) in [7, 11) is -4.00. The van der Waals surface area contributed by atoms with Crippen LogP contribution in [-0.4, -0.2) is 27.1 Å². The van der Waals surface area contributed by atoms with Gasteiger partial charge in [0.25, 0.3) is 15.9 Å². The van der Waals surface area contributed by atoms with Gasteiger partial charge in [0, 0.05) is 0 Å². The number of anilines is 1. The van der Waals surface area contributed by atoms with Crippen LogP contribution in [0.3, 0.4) is 0 Å². The van der Waals surface area contributed by atoms with Crippen LogP contribution >= 0.6 is 23.2 Å². The van der Waals surface area contributed by atoms with Crippen molar-refractivity contribution in [3.8, 4) is 0 Å². The van der Waals surface area contributed by atoms with Gasteiger partial charge in [-0.05, 0) is 62.2 Å². The van der Waals surface area contributed by atoms with Crippen molar-refractivity contribution in [1.82, 2.24) is 5.43 Å². The van der Waals surface area contributed by atoms with Crippen LogP contribution < -0.4 is 9.73 Å². The molecule has 0 aliphatic heterocycles. The molecular formula is C24H23Cl2N3O3S. The summed E-state index contributed by atoms with van der Waals surface area (Å²) in [5, 5.41) is 4.68. The van der Waals surface area contributed by atoms with Gasteiger partial charge in [0.2, 0.25) is 0 Å². The number of amides is 1. The molecule has 9 heteroatoms. The van der Waals surface area contributed by atoms with Gasteiger partial charge in [-0.2, -0.15) is 5.10 Å². The third-order valence-electron chi connectivity index (χ3n) is 4.86. The van der Waals surface area contributed by atoms with Crippen molar-refractivity contribution >= 4 is 51.0 Å². The zero-order chi connectivity index (χ0) is 24.2. The second-order valence-corrected chi connectivity index (χ2v) is 10.3. The van der Waals surface area contributed by atoms with Crippen LogP contribution in [0.1, 0.15) is 22.3 Å². The molecule has 172 valence electrons. The van der Waals surface area contributed by atoms with Gasteiger partial charge in [0.05, 0.1) is 26.8 Å². The molecule has 0 heterocycles. The predicted octanol–water partition coefficient (Wildman–Crippen LogP) is 5.26. The summed E-state index contributed by atoms with van der Waals surface area (Å²) in [6.45, 7) is 5.15. The smallest absolute Gasteiger partial charge is 0.264 e. The molecule has 0 saturated carbocycles. The van der Waals surface area contributed by atoms with E-state index in [4.69, 9.17) is 23.2 Å². The van der Waals surface area contributed by atoms with E-state index in [9.17, 15) is 13.2 Å². The minimum Gasteiger partial charge on any atom is -0.271 e. The first kappa shape index (κ1) is 24.8. The number of nitrogens with zero attached hydrogens (tertiary/aromatic N) is 2. The molecule has 1 N–H and O–H groups in total. The molecule has 3 aromatic carbocycles. The molecule has 0 radical (unpaired) electrons. The van der Waals surface area contributed by atoms with Gasteiger partial charge in [-0.25, -0.2) is 13.8 Å². The maximum absolute atomic E-state index is 13.5. The molecule has 0 unspecified atom stereocenters. The number of aryl methyl sites for hydroxylation is 3. The molecule has 0 fully saturated rings. The Morgan fingerprint density at radius 3 is 2.24 bits per heavy atom. The Labute approximate surface area is 203 Å². The molecular weight excluding hydrogens is 481 g/mol. The molecule has 3 aromatic rings. The lowest BCUT2D eigenvalue weighted by atomic mass is 10.1. The number of nitrogens with one attached hydrogen (secondary N) is 1. The molecule has 6 nitrogen and oxygen atoms in total. The van der Waals surface area contributed by atoms with Crippen LogP contribution in [0.25, 0.3) is 0 Å². The van der Waals surface area contributed by atoms with Crippen molar-refractivity contribution in [3.63, 3.8) is 0 Å². The number of hydrogen-bond donors (Lipinski definition) is 1. The van der Waals surface area contributed by atoms with E-state index in [1.165, 1.54) is 18.3 Å². The third-order valence-corrected chi connectivity index (χ3v) is 7.38. The number of carbonyl (C=O) groups is 1. The van der Waals surface area contributed by atoms with E-state index in [2.05, 4.69) is 10.5 Å². The van der Waals surface area contributed by atoms with Crippen LogP contribution in [-0.2, 0) is 14.8 Å². The Bertz CT molecular complexity index is 1310. The summed E-state index contributed by atoms with van der Waals surface area (Å²) in [5.74, 6) is -0.595. The Morgan fingerprint density at radius 2 is 1.61 bits per heavy atom. The van der Waals surface area contributed by atoms with E-state index < -0.39 is 22.5 Å². The van der Waals surface area contributed by atoms with Crippen molar-refractivity contribution in [2.45, 2.75) is 25.7 Å². The van der Waals surface area contributed by atoms with Gasteiger partial charge in [0.1, 0.15) is 6.54 Å². The number of carbonyl (C=O) groups excluding carboxylic acids is 1. The van der Waals surface area contributed by atoms with Crippen molar-refractivity contribution in [2.75, 3.05) is 10.8 Å². The van der Waals surface area contributed by atoms with Crippen molar-refractivity contribution < 1.29 is 13.2 Å². The normalized spacial score (nSPS) is 11.5.